The zero-order valence-electron chi connectivity index (χ0n) is 10.4. The molecule has 0 aromatic rings. The molecule has 3 N–H and O–H groups in total. The van der Waals surface area contributed by atoms with E-state index in [0.717, 1.165) is 38.0 Å². The zero-order chi connectivity index (χ0) is 12.0. The van der Waals surface area contributed by atoms with Crippen LogP contribution in [0, 0.1) is 11.3 Å². The van der Waals surface area contributed by atoms with Gasteiger partial charge in [0.1, 0.15) is 0 Å². The van der Waals surface area contributed by atoms with Crippen LogP contribution in [0.5, 0.6) is 0 Å². The molecule has 0 spiro atoms. The van der Waals surface area contributed by atoms with E-state index in [2.05, 4.69) is 18.5 Å². The smallest absolute Gasteiger partial charge is 0.227 e. The van der Waals surface area contributed by atoms with Gasteiger partial charge in [-0.3, -0.25) is 4.79 Å². The van der Waals surface area contributed by atoms with Crippen molar-refractivity contribution in [3.63, 3.8) is 0 Å². The van der Waals surface area contributed by atoms with Crippen molar-refractivity contribution in [2.75, 3.05) is 25.1 Å². The van der Waals surface area contributed by atoms with Crippen molar-refractivity contribution in [2.45, 2.75) is 32.6 Å². The summed E-state index contributed by atoms with van der Waals surface area (Å²) in [5.41, 5.74) is 5.52. The second-order valence-electron chi connectivity index (χ2n) is 4.96. The number of thioether (sulfide) groups is 1. The minimum Gasteiger partial charge on any atom is -0.355 e. The Morgan fingerprint density at radius 1 is 1.50 bits per heavy atom. The summed E-state index contributed by atoms with van der Waals surface area (Å²) in [7, 11) is 0. The van der Waals surface area contributed by atoms with Gasteiger partial charge in [0.05, 0.1) is 5.41 Å². The van der Waals surface area contributed by atoms with Crippen LogP contribution in [0.3, 0.4) is 0 Å². The summed E-state index contributed by atoms with van der Waals surface area (Å²) >= 11 is 1.82. The quantitative estimate of drug-likeness (QED) is 0.746. The molecular weight excluding hydrogens is 220 g/mol. The van der Waals surface area contributed by atoms with E-state index in [9.17, 15) is 4.79 Å². The fourth-order valence-corrected chi connectivity index (χ4v) is 3.06. The minimum absolute atomic E-state index is 0.181. The third kappa shape index (κ3) is 3.39. The highest BCUT2D eigenvalue weighted by Crippen LogP contribution is 2.37. The Labute approximate surface area is 103 Å². The molecule has 1 rings (SSSR count). The Morgan fingerprint density at radius 3 is 2.62 bits per heavy atom. The summed E-state index contributed by atoms with van der Waals surface area (Å²) in [6.07, 6.45) is 6.31. The third-order valence-electron chi connectivity index (χ3n) is 3.50. The molecule has 1 amide bonds. The molecule has 4 heteroatoms. The summed E-state index contributed by atoms with van der Waals surface area (Å²) in [4.78, 5) is 12.1. The first-order valence-electron chi connectivity index (χ1n) is 6.12. The van der Waals surface area contributed by atoms with Gasteiger partial charge >= 0.3 is 0 Å². The van der Waals surface area contributed by atoms with E-state index in [1.54, 1.807) is 0 Å². The Balaban J connectivity index is 2.38. The molecule has 0 radical (unpaired) electrons. The van der Waals surface area contributed by atoms with Gasteiger partial charge in [-0.25, -0.2) is 0 Å². The molecule has 1 aliphatic carbocycles. The Kier molecular flexibility index (Phi) is 5.62. The van der Waals surface area contributed by atoms with Crippen LogP contribution in [-0.4, -0.2) is 31.0 Å². The van der Waals surface area contributed by atoms with Gasteiger partial charge in [-0.1, -0.05) is 19.8 Å². The molecule has 1 aliphatic rings. The first kappa shape index (κ1) is 13.8. The Morgan fingerprint density at radius 2 is 2.12 bits per heavy atom. The van der Waals surface area contributed by atoms with Gasteiger partial charge in [0.25, 0.3) is 0 Å². The summed E-state index contributed by atoms with van der Waals surface area (Å²) in [6, 6.07) is 0. The molecule has 1 unspecified atom stereocenters. The maximum Gasteiger partial charge on any atom is 0.227 e. The van der Waals surface area contributed by atoms with E-state index < -0.39 is 0 Å². The second-order valence-corrected chi connectivity index (χ2v) is 5.87. The van der Waals surface area contributed by atoms with Crippen LogP contribution < -0.4 is 11.1 Å². The van der Waals surface area contributed by atoms with Crippen LogP contribution in [0.25, 0.3) is 0 Å². The van der Waals surface area contributed by atoms with E-state index in [-0.39, 0.29) is 11.3 Å². The predicted octanol–water partition coefficient (Wildman–Crippen LogP) is 1.62. The zero-order valence-corrected chi connectivity index (χ0v) is 11.2. The van der Waals surface area contributed by atoms with Crippen molar-refractivity contribution >= 4 is 17.7 Å². The molecule has 3 nitrogen and oxygen atoms in total. The lowest BCUT2D eigenvalue weighted by Gasteiger charge is -2.26. The summed E-state index contributed by atoms with van der Waals surface area (Å²) < 4.78 is 0. The van der Waals surface area contributed by atoms with Crippen LogP contribution in [0.2, 0.25) is 0 Å². The van der Waals surface area contributed by atoms with Gasteiger partial charge in [-0.2, -0.15) is 11.8 Å². The lowest BCUT2D eigenvalue weighted by atomic mass is 9.85. The molecule has 1 saturated carbocycles. The fraction of sp³-hybridized carbons (Fsp3) is 0.917. The highest BCUT2D eigenvalue weighted by Gasteiger charge is 2.39. The molecular formula is C12H24N2OS. The van der Waals surface area contributed by atoms with Crippen LogP contribution in [0.1, 0.15) is 32.6 Å². The topological polar surface area (TPSA) is 55.1 Å². The number of hydrogen-bond donors (Lipinski definition) is 2. The number of nitrogens with one attached hydrogen (secondary N) is 1. The standard InChI is InChI=1S/C12H24N2OS/c1-10(8-16-2)7-14-11(15)12(9-13)5-3-4-6-12/h10H,3-9,13H2,1-2H3,(H,14,15). The first-order chi connectivity index (χ1) is 7.64. The molecule has 16 heavy (non-hydrogen) atoms. The number of hydrogen-bond acceptors (Lipinski definition) is 3. The summed E-state index contributed by atoms with van der Waals surface area (Å²) in [5.74, 6) is 1.81. The Bertz CT molecular complexity index is 227. The fourth-order valence-electron chi connectivity index (χ4n) is 2.37. The average Bonchev–Trinajstić information content (AvgIpc) is 2.76. The lowest BCUT2D eigenvalue weighted by Crippen LogP contribution is -2.45. The van der Waals surface area contributed by atoms with E-state index in [4.69, 9.17) is 5.73 Å². The molecule has 0 aromatic heterocycles. The molecule has 0 aliphatic heterocycles. The van der Waals surface area contributed by atoms with Crippen molar-refractivity contribution in [3.05, 3.63) is 0 Å². The van der Waals surface area contributed by atoms with Crippen molar-refractivity contribution < 1.29 is 4.79 Å². The maximum atomic E-state index is 12.1. The van der Waals surface area contributed by atoms with E-state index in [1.807, 2.05) is 11.8 Å². The van der Waals surface area contributed by atoms with Crippen LogP contribution in [-0.2, 0) is 4.79 Å². The number of rotatable bonds is 6. The average molecular weight is 244 g/mol. The van der Waals surface area contributed by atoms with Gasteiger partial charge in [-0.05, 0) is 30.8 Å². The molecule has 0 saturated heterocycles. The molecule has 0 heterocycles. The SMILES string of the molecule is CSCC(C)CNC(=O)C1(CN)CCCC1. The third-order valence-corrected chi connectivity index (χ3v) is 4.40. The van der Waals surface area contributed by atoms with E-state index in [1.165, 1.54) is 0 Å². The largest absolute Gasteiger partial charge is 0.355 e. The monoisotopic (exact) mass is 244 g/mol. The van der Waals surface area contributed by atoms with E-state index >= 15 is 0 Å². The maximum absolute atomic E-state index is 12.1. The first-order valence-corrected chi connectivity index (χ1v) is 7.51. The van der Waals surface area contributed by atoms with Gasteiger partial charge in [0, 0.05) is 13.1 Å². The van der Waals surface area contributed by atoms with Gasteiger partial charge in [0.2, 0.25) is 5.91 Å². The normalized spacial score (nSPS) is 20.7. The van der Waals surface area contributed by atoms with Crippen LogP contribution >= 0.6 is 11.8 Å². The highest BCUT2D eigenvalue weighted by molar-refractivity contribution is 7.98. The number of amides is 1. The summed E-state index contributed by atoms with van der Waals surface area (Å²) in [5, 5.41) is 3.07. The van der Waals surface area contributed by atoms with Crippen molar-refractivity contribution in [1.82, 2.24) is 5.32 Å². The minimum atomic E-state index is -0.251. The number of carbonyl (C=O) groups is 1. The number of nitrogens with two attached hydrogens (primary N) is 1. The molecule has 1 atom stereocenters. The van der Waals surface area contributed by atoms with Gasteiger partial charge in [-0.15, -0.1) is 0 Å². The van der Waals surface area contributed by atoms with Gasteiger partial charge in [0.15, 0.2) is 0 Å². The van der Waals surface area contributed by atoms with E-state index in [0.29, 0.717) is 12.5 Å². The molecule has 1 fully saturated rings. The second kappa shape index (κ2) is 6.50. The molecule has 94 valence electrons. The molecule has 0 bridgehead atoms. The Hall–Kier alpha value is -0.220. The van der Waals surface area contributed by atoms with Crippen molar-refractivity contribution in [2.24, 2.45) is 17.1 Å². The van der Waals surface area contributed by atoms with Crippen molar-refractivity contribution in [3.8, 4) is 0 Å². The number of carbonyl (C=O) groups excluding carboxylic acids is 1. The van der Waals surface area contributed by atoms with Gasteiger partial charge < -0.3 is 11.1 Å². The predicted molar refractivity (Wildman–Crippen MR) is 70.5 cm³/mol. The van der Waals surface area contributed by atoms with Crippen LogP contribution in [0.15, 0.2) is 0 Å². The van der Waals surface area contributed by atoms with Crippen LogP contribution in [0.4, 0.5) is 0 Å². The lowest BCUT2D eigenvalue weighted by molar-refractivity contribution is -0.130. The highest BCUT2D eigenvalue weighted by atomic mass is 32.2. The van der Waals surface area contributed by atoms with Crippen molar-refractivity contribution in [1.29, 1.82) is 0 Å². The molecule has 0 aromatic carbocycles. The summed E-state index contributed by atoms with van der Waals surface area (Å²) in [6.45, 7) is 3.44.